The van der Waals surface area contributed by atoms with Crippen LogP contribution in [0.1, 0.15) is 13.8 Å². The summed E-state index contributed by atoms with van der Waals surface area (Å²) in [6, 6.07) is 0. The Morgan fingerprint density at radius 1 is 1.33 bits per heavy atom. The van der Waals surface area contributed by atoms with Crippen molar-refractivity contribution < 1.29 is 9.47 Å². The van der Waals surface area contributed by atoms with E-state index in [0.717, 1.165) is 6.61 Å². The van der Waals surface area contributed by atoms with Gasteiger partial charge in [-0.15, -0.1) is 12.6 Å². The summed E-state index contributed by atoms with van der Waals surface area (Å²) in [5.74, 6) is 0. The Balaban J connectivity index is 2.95. The van der Waals surface area contributed by atoms with Gasteiger partial charge in [-0.2, -0.15) is 0 Å². The van der Waals surface area contributed by atoms with Crippen molar-refractivity contribution in [3.8, 4) is 0 Å². The third kappa shape index (κ3) is 6.15. The summed E-state index contributed by atoms with van der Waals surface area (Å²) in [6.07, 6.45) is 0. The summed E-state index contributed by atoms with van der Waals surface area (Å²) in [4.78, 5) is 0. The molecule has 3 heteroatoms. The quantitative estimate of drug-likeness (QED) is 0.470. The van der Waals surface area contributed by atoms with Gasteiger partial charge in [0.1, 0.15) is 5.44 Å². The van der Waals surface area contributed by atoms with Crippen molar-refractivity contribution >= 4 is 12.6 Å². The smallest absolute Gasteiger partial charge is 0.123 e. The summed E-state index contributed by atoms with van der Waals surface area (Å²) in [7, 11) is 0. The van der Waals surface area contributed by atoms with Crippen molar-refractivity contribution in [2.75, 3.05) is 19.8 Å². The summed E-state index contributed by atoms with van der Waals surface area (Å²) < 4.78 is 10.1. The maximum absolute atomic E-state index is 5.08. The van der Waals surface area contributed by atoms with Gasteiger partial charge in [-0.25, -0.2) is 0 Å². The van der Waals surface area contributed by atoms with Crippen LogP contribution in [0, 0.1) is 0 Å². The van der Waals surface area contributed by atoms with Crippen LogP contribution in [-0.2, 0) is 9.47 Å². The third-order valence-corrected chi connectivity index (χ3v) is 1.12. The normalized spacial score (nSPS) is 13.7. The van der Waals surface area contributed by atoms with E-state index in [1.807, 2.05) is 13.8 Å². The average Bonchev–Trinajstić information content (AvgIpc) is 1.85. The second-order valence-electron chi connectivity index (χ2n) is 1.57. The molecule has 0 rings (SSSR count). The van der Waals surface area contributed by atoms with Gasteiger partial charge in [0.05, 0.1) is 6.61 Å². The maximum atomic E-state index is 5.08. The molecule has 0 bridgehead atoms. The zero-order valence-corrected chi connectivity index (χ0v) is 6.86. The summed E-state index contributed by atoms with van der Waals surface area (Å²) in [5.41, 5.74) is -0.0602. The first kappa shape index (κ1) is 9.27. The Hall–Kier alpha value is 0.270. The average molecular weight is 150 g/mol. The van der Waals surface area contributed by atoms with Crippen molar-refractivity contribution in [2.24, 2.45) is 0 Å². The summed E-state index contributed by atoms with van der Waals surface area (Å²) in [6.45, 7) is 5.89. The molecule has 0 aromatic rings. The topological polar surface area (TPSA) is 18.5 Å². The maximum Gasteiger partial charge on any atom is 0.123 e. The lowest BCUT2D eigenvalue weighted by Crippen LogP contribution is -2.12. The van der Waals surface area contributed by atoms with Crippen LogP contribution in [0.25, 0.3) is 0 Å². The molecule has 0 aromatic heterocycles. The number of rotatable bonds is 5. The van der Waals surface area contributed by atoms with Crippen LogP contribution >= 0.6 is 12.6 Å². The molecule has 0 fully saturated rings. The van der Waals surface area contributed by atoms with E-state index in [4.69, 9.17) is 9.47 Å². The molecule has 0 aliphatic rings. The Labute approximate surface area is 61.9 Å². The van der Waals surface area contributed by atoms with Crippen LogP contribution in [0.3, 0.4) is 0 Å². The molecular formula is C6H14O2S. The predicted molar refractivity (Wildman–Crippen MR) is 40.9 cm³/mol. The fraction of sp³-hybridized carbons (Fsp3) is 1.00. The largest absolute Gasteiger partial charge is 0.378 e. The van der Waals surface area contributed by atoms with Crippen LogP contribution < -0.4 is 0 Å². The van der Waals surface area contributed by atoms with Crippen molar-refractivity contribution in [2.45, 2.75) is 19.3 Å². The number of hydrogen-bond donors (Lipinski definition) is 1. The van der Waals surface area contributed by atoms with E-state index in [1.54, 1.807) is 0 Å². The Bertz CT molecular complexity index is 59.0. The van der Waals surface area contributed by atoms with E-state index in [1.165, 1.54) is 0 Å². The second kappa shape index (κ2) is 6.39. The zero-order valence-electron chi connectivity index (χ0n) is 5.96. The lowest BCUT2D eigenvalue weighted by Gasteiger charge is -2.09. The van der Waals surface area contributed by atoms with E-state index in [9.17, 15) is 0 Å². The zero-order chi connectivity index (χ0) is 7.11. The highest BCUT2D eigenvalue weighted by molar-refractivity contribution is 7.80. The van der Waals surface area contributed by atoms with Gasteiger partial charge >= 0.3 is 0 Å². The van der Waals surface area contributed by atoms with Crippen molar-refractivity contribution in [1.29, 1.82) is 0 Å². The molecule has 1 atom stereocenters. The number of thiol groups is 1. The molecule has 0 aliphatic carbocycles. The first-order valence-electron chi connectivity index (χ1n) is 3.18. The SMILES string of the molecule is CCOCC(S)OCC. The highest BCUT2D eigenvalue weighted by Gasteiger charge is 1.98. The third-order valence-electron chi connectivity index (χ3n) is 0.824. The monoisotopic (exact) mass is 150 g/mol. The van der Waals surface area contributed by atoms with Gasteiger partial charge in [0.15, 0.2) is 0 Å². The lowest BCUT2D eigenvalue weighted by atomic mass is 10.7. The summed E-state index contributed by atoms with van der Waals surface area (Å²) in [5, 5.41) is 0. The van der Waals surface area contributed by atoms with Crippen molar-refractivity contribution in [1.82, 2.24) is 0 Å². The molecule has 0 radical (unpaired) electrons. The van der Waals surface area contributed by atoms with E-state index in [-0.39, 0.29) is 5.44 Å². The minimum Gasteiger partial charge on any atom is -0.378 e. The van der Waals surface area contributed by atoms with Crippen molar-refractivity contribution in [3.05, 3.63) is 0 Å². The molecule has 0 aliphatic heterocycles. The molecule has 56 valence electrons. The van der Waals surface area contributed by atoms with E-state index < -0.39 is 0 Å². The summed E-state index contributed by atoms with van der Waals surface area (Å²) >= 11 is 4.10. The van der Waals surface area contributed by atoms with Gasteiger partial charge in [0.25, 0.3) is 0 Å². The van der Waals surface area contributed by atoms with Crippen LogP contribution in [0.5, 0.6) is 0 Å². The number of ether oxygens (including phenoxy) is 2. The molecule has 2 nitrogen and oxygen atoms in total. The number of hydrogen-bond acceptors (Lipinski definition) is 3. The Morgan fingerprint density at radius 2 is 2.00 bits per heavy atom. The molecule has 0 heterocycles. The van der Waals surface area contributed by atoms with Gasteiger partial charge in [0.2, 0.25) is 0 Å². The fourth-order valence-corrected chi connectivity index (χ4v) is 0.714. The first-order chi connectivity index (χ1) is 4.31. The fourth-order valence-electron chi connectivity index (χ4n) is 0.459. The van der Waals surface area contributed by atoms with E-state index >= 15 is 0 Å². The predicted octanol–water partition coefficient (Wildman–Crippen LogP) is 1.32. The Kier molecular flexibility index (Phi) is 6.58. The van der Waals surface area contributed by atoms with E-state index in [0.29, 0.717) is 13.2 Å². The first-order valence-corrected chi connectivity index (χ1v) is 3.70. The lowest BCUT2D eigenvalue weighted by molar-refractivity contribution is 0.0401. The minimum absolute atomic E-state index is 0.0602. The second-order valence-corrected chi connectivity index (χ2v) is 2.15. The molecule has 0 spiro atoms. The van der Waals surface area contributed by atoms with E-state index in [2.05, 4.69) is 12.6 Å². The van der Waals surface area contributed by atoms with Crippen LogP contribution in [0.4, 0.5) is 0 Å². The molecule has 0 aromatic carbocycles. The van der Waals surface area contributed by atoms with Crippen LogP contribution in [-0.4, -0.2) is 25.3 Å². The van der Waals surface area contributed by atoms with Gasteiger partial charge in [-0.3, -0.25) is 0 Å². The van der Waals surface area contributed by atoms with Gasteiger partial charge in [-0.05, 0) is 13.8 Å². The van der Waals surface area contributed by atoms with Gasteiger partial charge in [-0.1, -0.05) is 0 Å². The molecule has 0 N–H and O–H groups in total. The molecule has 0 saturated carbocycles. The molecule has 9 heavy (non-hydrogen) atoms. The minimum atomic E-state index is -0.0602. The highest BCUT2D eigenvalue weighted by atomic mass is 32.1. The standard InChI is InChI=1S/C6H14O2S/c1-3-7-5-6(9)8-4-2/h6,9H,3-5H2,1-2H3. The van der Waals surface area contributed by atoms with Crippen molar-refractivity contribution in [3.63, 3.8) is 0 Å². The molecule has 1 unspecified atom stereocenters. The highest BCUT2D eigenvalue weighted by Crippen LogP contribution is 1.96. The van der Waals surface area contributed by atoms with Gasteiger partial charge < -0.3 is 9.47 Å². The Morgan fingerprint density at radius 3 is 2.44 bits per heavy atom. The van der Waals surface area contributed by atoms with Gasteiger partial charge in [0, 0.05) is 13.2 Å². The van der Waals surface area contributed by atoms with Crippen LogP contribution in [0.15, 0.2) is 0 Å². The molecular weight excluding hydrogens is 136 g/mol. The van der Waals surface area contributed by atoms with Crippen LogP contribution in [0.2, 0.25) is 0 Å². The molecule has 0 amide bonds. The molecule has 0 saturated heterocycles.